The van der Waals surface area contributed by atoms with Gasteiger partial charge in [0.15, 0.2) is 0 Å². The van der Waals surface area contributed by atoms with E-state index in [2.05, 4.69) is 38.1 Å². The Morgan fingerprint density at radius 1 is 1.45 bits per heavy atom. The molecule has 1 aromatic rings. The molecule has 0 radical (unpaired) electrons. The van der Waals surface area contributed by atoms with Crippen LogP contribution in [0, 0.1) is 5.92 Å². The van der Waals surface area contributed by atoms with E-state index < -0.39 is 0 Å². The molecule has 5 nitrogen and oxygen atoms in total. The Labute approximate surface area is 139 Å². The van der Waals surface area contributed by atoms with Gasteiger partial charge in [0.05, 0.1) is 23.0 Å². The van der Waals surface area contributed by atoms with Gasteiger partial charge in [0, 0.05) is 6.04 Å². The molecule has 2 atom stereocenters. The van der Waals surface area contributed by atoms with Gasteiger partial charge in [-0.1, -0.05) is 13.3 Å². The molecule has 0 aromatic carbocycles. The van der Waals surface area contributed by atoms with E-state index in [1.165, 1.54) is 0 Å². The number of aromatic nitrogens is 2. The summed E-state index contributed by atoms with van der Waals surface area (Å²) in [6.07, 6.45) is 5.79. The van der Waals surface area contributed by atoms with Gasteiger partial charge in [-0.15, -0.1) is 12.4 Å². The van der Waals surface area contributed by atoms with E-state index in [0.717, 1.165) is 31.4 Å². The largest absolute Gasteiger partial charge is 0.349 e. The van der Waals surface area contributed by atoms with Crippen LogP contribution in [0.5, 0.6) is 0 Å². The van der Waals surface area contributed by atoms with Gasteiger partial charge in [-0.3, -0.25) is 9.48 Å². The van der Waals surface area contributed by atoms with Crippen LogP contribution in [-0.4, -0.2) is 28.3 Å². The summed E-state index contributed by atoms with van der Waals surface area (Å²) < 4.78 is 1.96. The number of hydrogen-bond acceptors (Lipinski definition) is 3. The number of carbonyl (C=O) groups is 1. The molecular formula is C16H29ClN4O. The predicted octanol–water partition coefficient (Wildman–Crippen LogP) is 2.48. The molecule has 22 heavy (non-hydrogen) atoms. The summed E-state index contributed by atoms with van der Waals surface area (Å²) in [5, 5.41) is 7.59. The van der Waals surface area contributed by atoms with Gasteiger partial charge < -0.3 is 11.1 Å². The molecule has 2 unspecified atom stereocenters. The van der Waals surface area contributed by atoms with Gasteiger partial charge in [0.1, 0.15) is 0 Å². The molecule has 2 rings (SSSR count). The van der Waals surface area contributed by atoms with Crippen LogP contribution in [0.25, 0.3) is 0 Å². The summed E-state index contributed by atoms with van der Waals surface area (Å²) in [5.74, 6) is 0.407. The molecule has 1 heterocycles. The van der Waals surface area contributed by atoms with Crippen LogP contribution in [-0.2, 0) is 12.0 Å². The number of hydrogen-bond donors (Lipinski definition) is 2. The van der Waals surface area contributed by atoms with E-state index in [4.69, 9.17) is 5.73 Å². The molecule has 1 amide bonds. The van der Waals surface area contributed by atoms with Crippen molar-refractivity contribution in [3.8, 4) is 0 Å². The first-order chi connectivity index (χ1) is 9.88. The van der Waals surface area contributed by atoms with Crippen LogP contribution in [0.2, 0.25) is 0 Å². The smallest absolute Gasteiger partial charge is 0.254 e. The van der Waals surface area contributed by atoms with Crippen molar-refractivity contribution in [2.24, 2.45) is 11.7 Å². The number of carbonyl (C=O) groups excluding carboxylic acids is 1. The SMILES string of the molecule is CCc1c(C(=O)NC2CCCC2CN)cnn1C(C)(C)C.Cl. The highest BCUT2D eigenvalue weighted by atomic mass is 35.5. The van der Waals surface area contributed by atoms with Gasteiger partial charge in [-0.2, -0.15) is 5.10 Å². The van der Waals surface area contributed by atoms with Crippen LogP contribution in [0.3, 0.4) is 0 Å². The van der Waals surface area contributed by atoms with E-state index in [1.807, 2.05) is 4.68 Å². The lowest BCUT2D eigenvalue weighted by Crippen LogP contribution is -2.40. The Morgan fingerprint density at radius 3 is 2.68 bits per heavy atom. The number of rotatable bonds is 4. The van der Waals surface area contributed by atoms with Crippen LogP contribution >= 0.6 is 12.4 Å². The number of nitrogens with zero attached hydrogens (tertiary/aromatic N) is 2. The molecule has 1 aliphatic rings. The maximum atomic E-state index is 12.6. The van der Waals surface area contributed by atoms with Crippen molar-refractivity contribution in [2.45, 2.75) is 65.0 Å². The maximum absolute atomic E-state index is 12.6. The Morgan fingerprint density at radius 2 is 2.14 bits per heavy atom. The molecule has 1 aromatic heterocycles. The molecule has 0 spiro atoms. The predicted molar refractivity (Wildman–Crippen MR) is 91.5 cm³/mol. The van der Waals surface area contributed by atoms with Crippen LogP contribution in [0.4, 0.5) is 0 Å². The average molecular weight is 329 g/mol. The summed E-state index contributed by atoms with van der Waals surface area (Å²) in [7, 11) is 0. The van der Waals surface area contributed by atoms with Crippen LogP contribution in [0.15, 0.2) is 6.20 Å². The molecule has 0 aliphatic heterocycles. The fourth-order valence-corrected chi connectivity index (χ4v) is 3.24. The molecule has 1 saturated carbocycles. The monoisotopic (exact) mass is 328 g/mol. The minimum absolute atomic E-state index is 0. The Hall–Kier alpha value is -1.07. The Kier molecular flexibility index (Phi) is 6.44. The van der Waals surface area contributed by atoms with E-state index in [0.29, 0.717) is 18.0 Å². The number of nitrogens with one attached hydrogen (secondary N) is 1. The van der Waals surface area contributed by atoms with Crippen molar-refractivity contribution in [3.05, 3.63) is 17.5 Å². The second-order valence-electron chi connectivity index (χ2n) is 6.95. The highest BCUT2D eigenvalue weighted by molar-refractivity contribution is 5.95. The minimum atomic E-state index is -0.114. The fraction of sp³-hybridized carbons (Fsp3) is 0.750. The highest BCUT2D eigenvalue weighted by Gasteiger charge is 2.29. The quantitative estimate of drug-likeness (QED) is 0.891. The molecule has 1 aliphatic carbocycles. The van der Waals surface area contributed by atoms with Crippen LogP contribution in [0.1, 0.15) is 63.0 Å². The van der Waals surface area contributed by atoms with Gasteiger partial charge in [0.2, 0.25) is 0 Å². The molecule has 1 fully saturated rings. The van der Waals surface area contributed by atoms with E-state index in [-0.39, 0.29) is 29.9 Å². The van der Waals surface area contributed by atoms with E-state index in [9.17, 15) is 4.79 Å². The topological polar surface area (TPSA) is 72.9 Å². The zero-order chi connectivity index (χ0) is 15.6. The molecule has 0 bridgehead atoms. The lowest BCUT2D eigenvalue weighted by atomic mass is 10.0. The Balaban J connectivity index is 0.00000242. The third-order valence-corrected chi connectivity index (χ3v) is 4.36. The normalized spacial score (nSPS) is 21.5. The second-order valence-corrected chi connectivity index (χ2v) is 6.95. The first-order valence-electron chi connectivity index (χ1n) is 7.96. The van der Waals surface area contributed by atoms with Gasteiger partial charge >= 0.3 is 0 Å². The van der Waals surface area contributed by atoms with Crippen molar-refractivity contribution in [1.82, 2.24) is 15.1 Å². The lowest BCUT2D eigenvalue weighted by Gasteiger charge is -2.23. The van der Waals surface area contributed by atoms with Gasteiger partial charge in [0.25, 0.3) is 5.91 Å². The van der Waals surface area contributed by atoms with Gasteiger partial charge in [-0.05, 0) is 52.5 Å². The molecule has 126 valence electrons. The number of halogens is 1. The standard InChI is InChI=1S/C16H28N4O.ClH/c1-5-14-12(10-18-20(14)16(2,3)4)15(21)19-13-8-6-7-11(13)9-17;/h10-11,13H,5-9,17H2,1-4H3,(H,19,21);1H. The fourth-order valence-electron chi connectivity index (χ4n) is 3.24. The molecular weight excluding hydrogens is 300 g/mol. The zero-order valence-corrected chi connectivity index (χ0v) is 14.9. The molecule has 6 heteroatoms. The maximum Gasteiger partial charge on any atom is 0.254 e. The van der Waals surface area contributed by atoms with Crippen molar-refractivity contribution < 1.29 is 4.79 Å². The third kappa shape index (κ3) is 3.82. The summed E-state index contributed by atoms with van der Waals surface area (Å²) in [5.41, 5.74) is 7.38. The molecule has 3 N–H and O–H groups in total. The third-order valence-electron chi connectivity index (χ3n) is 4.36. The second kappa shape index (κ2) is 7.47. The van der Waals surface area contributed by atoms with Crippen molar-refractivity contribution in [3.63, 3.8) is 0 Å². The van der Waals surface area contributed by atoms with E-state index >= 15 is 0 Å². The first-order valence-corrected chi connectivity index (χ1v) is 7.96. The first kappa shape index (κ1) is 19.0. The number of nitrogens with two attached hydrogens (primary N) is 1. The summed E-state index contributed by atoms with van der Waals surface area (Å²) >= 11 is 0. The van der Waals surface area contributed by atoms with Crippen molar-refractivity contribution >= 4 is 18.3 Å². The summed E-state index contributed by atoms with van der Waals surface area (Å²) in [4.78, 5) is 12.6. The van der Waals surface area contributed by atoms with E-state index in [1.54, 1.807) is 6.20 Å². The van der Waals surface area contributed by atoms with Crippen molar-refractivity contribution in [2.75, 3.05) is 6.54 Å². The van der Waals surface area contributed by atoms with Crippen molar-refractivity contribution in [1.29, 1.82) is 0 Å². The summed E-state index contributed by atoms with van der Waals surface area (Å²) in [6.45, 7) is 9.01. The zero-order valence-electron chi connectivity index (χ0n) is 14.1. The number of amides is 1. The summed E-state index contributed by atoms with van der Waals surface area (Å²) in [6, 6.07) is 0.213. The lowest BCUT2D eigenvalue weighted by molar-refractivity contribution is 0.0927. The van der Waals surface area contributed by atoms with Crippen LogP contribution < -0.4 is 11.1 Å². The Bertz CT molecular complexity index is 507. The molecule has 0 saturated heterocycles. The minimum Gasteiger partial charge on any atom is -0.349 e. The highest BCUT2D eigenvalue weighted by Crippen LogP contribution is 2.25. The average Bonchev–Trinajstić information content (AvgIpc) is 3.02. The van der Waals surface area contributed by atoms with Gasteiger partial charge in [-0.25, -0.2) is 0 Å².